The lowest BCUT2D eigenvalue weighted by molar-refractivity contribution is -0.142. The van der Waals surface area contributed by atoms with Gasteiger partial charge in [0.05, 0.1) is 0 Å². The molecule has 1 atom stereocenters. The quantitative estimate of drug-likeness (QED) is 0.685. The van der Waals surface area contributed by atoms with Crippen LogP contribution in [-0.4, -0.2) is 35.4 Å². The minimum absolute atomic E-state index is 0.000912. The van der Waals surface area contributed by atoms with E-state index in [1.165, 1.54) is 11.0 Å². The summed E-state index contributed by atoms with van der Waals surface area (Å²) in [6.07, 6.45) is 4.10. The van der Waals surface area contributed by atoms with Gasteiger partial charge < -0.3 is 15.0 Å². The smallest absolute Gasteiger partial charge is 0.261 e. The van der Waals surface area contributed by atoms with Gasteiger partial charge in [-0.25, -0.2) is 4.39 Å². The first-order chi connectivity index (χ1) is 14.8. The maximum atomic E-state index is 14.3. The van der Waals surface area contributed by atoms with Gasteiger partial charge >= 0.3 is 0 Å². The zero-order valence-electron chi connectivity index (χ0n) is 18.5. The summed E-state index contributed by atoms with van der Waals surface area (Å²) in [6, 6.07) is 11.5. The van der Waals surface area contributed by atoms with E-state index in [1.807, 2.05) is 32.0 Å². The minimum Gasteiger partial charge on any atom is -0.483 e. The first-order valence-corrected chi connectivity index (χ1v) is 10.9. The number of nitrogens with zero attached hydrogens (tertiary/aromatic N) is 1. The van der Waals surface area contributed by atoms with E-state index in [0.717, 1.165) is 36.8 Å². The Hall–Kier alpha value is -2.89. The zero-order valence-corrected chi connectivity index (χ0v) is 18.5. The molecule has 1 fully saturated rings. The van der Waals surface area contributed by atoms with E-state index in [-0.39, 0.29) is 31.0 Å². The Labute approximate surface area is 183 Å². The molecule has 0 bridgehead atoms. The molecule has 1 aliphatic carbocycles. The van der Waals surface area contributed by atoms with Crippen molar-refractivity contribution in [1.29, 1.82) is 0 Å². The van der Waals surface area contributed by atoms with Crippen LogP contribution in [0.5, 0.6) is 5.75 Å². The number of hydrogen-bond acceptors (Lipinski definition) is 3. The first kappa shape index (κ1) is 22.8. The number of halogens is 1. The summed E-state index contributed by atoms with van der Waals surface area (Å²) in [5.41, 5.74) is 2.31. The van der Waals surface area contributed by atoms with Crippen LogP contribution >= 0.6 is 0 Å². The molecule has 0 aliphatic heterocycles. The third-order valence-electron chi connectivity index (χ3n) is 5.86. The average molecular weight is 427 g/mol. The average Bonchev–Trinajstić information content (AvgIpc) is 3.26. The highest BCUT2D eigenvalue weighted by Crippen LogP contribution is 2.21. The minimum atomic E-state index is -0.741. The Morgan fingerprint density at radius 1 is 1.16 bits per heavy atom. The second-order valence-corrected chi connectivity index (χ2v) is 8.34. The van der Waals surface area contributed by atoms with E-state index in [1.54, 1.807) is 25.1 Å². The van der Waals surface area contributed by atoms with Crippen molar-refractivity contribution in [1.82, 2.24) is 10.2 Å². The molecule has 166 valence electrons. The monoisotopic (exact) mass is 426 g/mol. The maximum absolute atomic E-state index is 14.3. The molecule has 31 heavy (non-hydrogen) atoms. The summed E-state index contributed by atoms with van der Waals surface area (Å²) in [7, 11) is 0. The second-order valence-electron chi connectivity index (χ2n) is 8.34. The fraction of sp³-hybridized carbons (Fsp3) is 0.440. The van der Waals surface area contributed by atoms with Crippen molar-refractivity contribution in [2.24, 2.45) is 0 Å². The third kappa shape index (κ3) is 6.06. The second kappa shape index (κ2) is 10.4. The molecule has 5 nitrogen and oxygen atoms in total. The lowest BCUT2D eigenvalue weighted by atomic mass is 10.1. The van der Waals surface area contributed by atoms with E-state index in [2.05, 4.69) is 5.32 Å². The number of carbonyl (C=O) groups excluding carboxylic acids is 2. The van der Waals surface area contributed by atoms with E-state index < -0.39 is 11.9 Å². The van der Waals surface area contributed by atoms with Gasteiger partial charge in [0.1, 0.15) is 17.6 Å². The van der Waals surface area contributed by atoms with Crippen molar-refractivity contribution in [2.45, 2.75) is 65.1 Å². The van der Waals surface area contributed by atoms with Crippen LogP contribution in [0, 0.1) is 19.7 Å². The molecule has 0 radical (unpaired) electrons. The van der Waals surface area contributed by atoms with E-state index in [9.17, 15) is 14.0 Å². The molecule has 3 rings (SSSR count). The Bertz CT molecular complexity index is 925. The number of rotatable bonds is 8. The van der Waals surface area contributed by atoms with Gasteiger partial charge in [-0.1, -0.05) is 43.2 Å². The Kier molecular flexibility index (Phi) is 7.66. The first-order valence-electron chi connectivity index (χ1n) is 10.9. The van der Waals surface area contributed by atoms with Crippen LogP contribution in [0.2, 0.25) is 0 Å². The number of ether oxygens (including phenoxy) is 1. The van der Waals surface area contributed by atoms with Crippen LogP contribution in [0.4, 0.5) is 4.39 Å². The number of amides is 2. The molecule has 6 heteroatoms. The lowest BCUT2D eigenvalue weighted by Gasteiger charge is -2.30. The topological polar surface area (TPSA) is 58.6 Å². The van der Waals surface area contributed by atoms with Gasteiger partial charge in [-0.2, -0.15) is 0 Å². The van der Waals surface area contributed by atoms with Gasteiger partial charge in [-0.3, -0.25) is 9.59 Å². The van der Waals surface area contributed by atoms with Crippen molar-refractivity contribution in [3.63, 3.8) is 0 Å². The van der Waals surface area contributed by atoms with Gasteiger partial charge in [0.25, 0.3) is 5.91 Å². The van der Waals surface area contributed by atoms with Crippen molar-refractivity contribution in [3.8, 4) is 5.75 Å². The summed E-state index contributed by atoms with van der Waals surface area (Å²) in [6.45, 7) is 5.32. The van der Waals surface area contributed by atoms with Crippen LogP contribution in [-0.2, 0) is 16.1 Å². The van der Waals surface area contributed by atoms with Gasteiger partial charge in [-0.15, -0.1) is 0 Å². The largest absolute Gasteiger partial charge is 0.483 e. The summed E-state index contributed by atoms with van der Waals surface area (Å²) < 4.78 is 20.1. The van der Waals surface area contributed by atoms with Crippen LogP contribution < -0.4 is 10.1 Å². The fourth-order valence-electron chi connectivity index (χ4n) is 3.87. The predicted octanol–water partition coefficient (Wildman–Crippen LogP) is 4.30. The highest BCUT2D eigenvalue weighted by atomic mass is 19.1. The summed E-state index contributed by atoms with van der Waals surface area (Å²) in [5.74, 6) is -0.358. The molecule has 0 spiro atoms. The van der Waals surface area contributed by atoms with Crippen LogP contribution in [0.15, 0.2) is 42.5 Å². The fourth-order valence-corrected chi connectivity index (χ4v) is 3.87. The van der Waals surface area contributed by atoms with Crippen LogP contribution in [0.3, 0.4) is 0 Å². The molecular formula is C25H31FN2O3. The molecule has 1 aliphatic rings. The molecule has 0 saturated heterocycles. The molecule has 2 aromatic rings. The van der Waals surface area contributed by atoms with Crippen LogP contribution in [0.1, 0.15) is 49.3 Å². The predicted molar refractivity (Wildman–Crippen MR) is 118 cm³/mol. The van der Waals surface area contributed by atoms with Gasteiger partial charge in [-0.05, 0) is 56.9 Å². The third-order valence-corrected chi connectivity index (χ3v) is 5.86. The Morgan fingerprint density at radius 3 is 2.58 bits per heavy atom. The molecular weight excluding hydrogens is 395 g/mol. The normalized spacial score (nSPS) is 14.8. The van der Waals surface area contributed by atoms with Crippen molar-refractivity contribution < 1.29 is 18.7 Å². The highest BCUT2D eigenvalue weighted by Gasteiger charge is 2.29. The van der Waals surface area contributed by atoms with E-state index in [0.29, 0.717) is 11.3 Å². The van der Waals surface area contributed by atoms with Gasteiger partial charge in [0.15, 0.2) is 6.61 Å². The molecule has 0 heterocycles. The Balaban J connectivity index is 1.75. The standard InChI is InChI=1S/C25H31FN2O3/c1-17-12-13-18(2)23(14-17)31-16-24(29)28(15-20-8-4-7-11-22(20)26)19(3)25(30)27-21-9-5-6-10-21/h4,7-8,11-14,19,21H,5-6,9-10,15-16H2,1-3H3,(H,27,30)/t19-/m0/s1. The molecule has 0 unspecified atom stereocenters. The van der Waals surface area contributed by atoms with E-state index >= 15 is 0 Å². The SMILES string of the molecule is Cc1ccc(C)c(OCC(=O)N(Cc2ccccc2F)[C@@H](C)C(=O)NC2CCCC2)c1. The summed E-state index contributed by atoms with van der Waals surface area (Å²) in [4.78, 5) is 27.4. The number of nitrogens with one attached hydrogen (secondary N) is 1. The number of carbonyl (C=O) groups is 2. The lowest BCUT2D eigenvalue weighted by Crippen LogP contribution is -2.50. The number of benzene rings is 2. The summed E-state index contributed by atoms with van der Waals surface area (Å²) >= 11 is 0. The van der Waals surface area contributed by atoms with Crippen LogP contribution in [0.25, 0.3) is 0 Å². The molecule has 1 saturated carbocycles. The molecule has 2 amide bonds. The van der Waals surface area contributed by atoms with E-state index in [4.69, 9.17) is 4.74 Å². The highest BCUT2D eigenvalue weighted by molar-refractivity contribution is 5.88. The maximum Gasteiger partial charge on any atom is 0.261 e. The number of hydrogen-bond donors (Lipinski definition) is 1. The zero-order chi connectivity index (χ0) is 22.4. The number of aryl methyl sites for hydroxylation is 2. The van der Waals surface area contributed by atoms with Crippen molar-refractivity contribution >= 4 is 11.8 Å². The van der Waals surface area contributed by atoms with Crippen molar-refractivity contribution in [2.75, 3.05) is 6.61 Å². The van der Waals surface area contributed by atoms with Crippen molar-refractivity contribution in [3.05, 3.63) is 65.0 Å². The molecule has 2 aromatic carbocycles. The summed E-state index contributed by atoms with van der Waals surface area (Å²) in [5, 5.41) is 3.04. The van der Waals surface area contributed by atoms with Gasteiger partial charge in [0.2, 0.25) is 5.91 Å². The van der Waals surface area contributed by atoms with Gasteiger partial charge in [0, 0.05) is 18.2 Å². The molecule has 0 aromatic heterocycles. The Morgan fingerprint density at radius 2 is 1.87 bits per heavy atom. The molecule has 1 N–H and O–H groups in total.